The average Bonchev–Trinajstić information content (AvgIpc) is 2.31. The number of rotatable bonds is 6. The standard InChI is InChI=1S/C14H21NO2/c1-4-11(5-2)10(3)15-13-8-6-12(7-9-13)14(16)17/h6-11,15H,4-5H2,1-3H3,(H,16,17). The van der Waals surface area contributed by atoms with Crippen LogP contribution in [-0.2, 0) is 0 Å². The molecule has 0 aromatic heterocycles. The molecule has 0 saturated heterocycles. The number of hydrogen-bond acceptors (Lipinski definition) is 2. The van der Waals surface area contributed by atoms with Crippen LogP contribution in [0.1, 0.15) is 44.0 Å². The number of anilines is 1. The molecule has 3 nitrogen and oxygen atoms in total. The number of benzene rings is 1. The highest BCUT2D eigenvalue weighted by molar-refractivity contribution is 5.87. The Morgan fingerprint density at radius 3 is 2.18 bits per heavy atom. The molecule has 1 rings (SSSR count). The Labute approximate surface area is 103 Å². The van der Waals surface area contributed by atoms with Gasteiger partial charge in [-0.25, -0.2) is 4.79 Å². The molecule has 1 aromatic rings. The van der Waals surface area contributed by atoms with Crippen LogP contribution in [0, 0.1) is 5.92 Å². The second-order valence-electron chi connectivity index (χ2n) is 4.39. The van der Waals surface area contributed by atoms with Crippen LogP contribution in [0.4, 0.5) is 5.69 Å². The maximum absolute atomic E-state index is 10.7. The number of carboxylic acids is 1. The summed E-state index contributed by atoms with van der Waals surface area (Å²) in [6.45, 7) is 6.56. The third-order valence-corrected chi connectivity index (χ3v) is 3.28. The molecule has 0 bridgehead atoms. The Bertz CT molecular complexity index is 355. The molecule has 17 heavy (non-hydrogen) atoms. The molecule has 3 heteroatoms. The van der Waals surface area contributed by atoms with E-state index in [-0.39, 0.29) is 0 Å². The van der Waals surface area contributed by atoms with E-state index in [4.69, 9.17) is 5.11 Å². The highest BCUT2D eigenvalue weighted by atomic mass is 16.4. The van der Waals surface area contributed by atoms with Crippen molar-refractivity contribution in [2.75, 3.05) is 5.32 Å². The summed E-state index contributed by atoms with van der Waals surface area (Å²) in [6, 6.07) is 7.31. The molecular weight excluding hydrogens is 214 g/mol. The van der Waals surface area contributed by atoms with Crippen LogP contribution in [0.3, 0.4) is 0 Å². The maximum Gasteiger partial charge on any atom is 0.335 e. The van der Waals surface area contributed by atoms with Crippen molar-refractivity contribution in [3.05, 3.63) is 29.8 Å². The van der Waals surface area contributed by atoms with E-state index < -0.39 is 5.97 Å². The number of hydrogen-bond donors (Lipinski definition) is 2. The first kappa shape index (κ1) is 13.6. The lowest BCUT2D eigenvalue weighted by atomic mass is 9.95. The van der Waals surface area contributed by atoms with Gasteiger partial charge in [0.2, 0.25) is 0 Å². The fourth-order valence-corrected chi connectivity index (χ4v) is 2.09. The smallest absolute Gasteiger partial charge is 0.335 e. The summed E-state index contributed by atoms with van der Waals surface area (Å²) in [5.74, 6) is -0.237. The SMILES string of the molecule is CCC(CC)C(C)Nc1ccc(C(=O)O)cc1. The summed E-state index contributed by atoms with van der Waals surface area (Å²) in [7, 11) is 0. The van der Waals surface area contributed by atoms with Crippen LogP contribution in [0.2, 0.25) is 0 Å². The Balaban J connectivity index is 2.65. The molecule has 0 amide bonds. The van der Waals surface area contributed by atoms with Gasteiger partial charge < -0.3 is 10.4 Å². The average molecular weight is 235 g/mol. The molecule has 0 saturated carbocycles. The van der Waals surface area contributed by atoms with E-state index in [1.807, 2.05) is 12.1 Å². The van der Waals surface area contributed by atoms with Crippen LogP contribution in [-0.4, -0.2) is 17.1 Å². The molecule has 0 fully saturated rings. The lowest BCUT2D eigenvalue weighted by Crippen LogP contribution is -2.24. The van der Waals surface area contributed by atoms with Gasteiger partial charge in [-0.3, -0.25) is 0 Å². The summed E-state index contributed by atoms with van der Waals surface area (Å²) in [6.07, 6.45) is 2.30. The number of aromatic carboxylic acids is 1. The molecule has 1 aromatic carbocycles. The molecule has 0 spiro atoms. The van der Waals surface area contributed by atoms with Crippen LogP contribution in [0.15, 0.2) is 24.3 Å². The van der Waals surface area contributed by atoms with Crippen molar-refractivity contribution in [1.29, 1.82) is 0 Å². The fourth-order valence-electron chi connectivity index (χ4n) is 2.09. The van der Waals surface area contributed by atoms with E-state index in [2.05, 4.69) is 26.1 Å². The summed E-state index contributed by atoms with van der Waals surface area (Å²) in [5, 5.41) is 12.2. The molecule has 1 unspecified atom stereocenters. The van der Waals surface area contributed by atoms with E-state index in [0.29, 0.717) is 17.5 Å². The number of carbonyl (C=O) groups is 1. The van der Waals surface area contributed by atoms with Gasteiger partial charge in [0.1, 0.15) is 0 Å². The van der Waals surface area contributed by atoms with Gasteiger partial charge in [0.05, 0.1) is 5.56 Å². The summed E-state index contributed by atoms with van der Waals surface area (Å²) < 4.78 is 0. The highest BCUT2D eigenvalue weighted by Crippen LogP contribution is 2.18. The maximum atomic E-state index is 10.7. The van der Waals surface area contributed by atoms with Crippen LogP contribution >= 0.6 is 0 Å². The van der Waals surface area contributed by atoms with Gasteiger partial charge >= 0.3 is 5.97 Å². The minimum absolute atomic E-state index is 0.325. The van der Waals surface area contributed by atoms with Gasteiger partial charge in [-0.15, -0.1) is 0 Å². The Hall–Kier alpha value is -1.51. The van der Waals surface area contributed by atoms with Gasteiger partial charge in [-0.2, -0.15) is 0 Å². The van der Waals surface area contributed by atoms with Crippen molar-refractivity contribution in [1.82, 2.24) is 0 Å². The van der Waals surface area contributed by atoms with E-state index in [1.54, 1.807) is 12.1 Å². The van der Waals surface area contributed by atoms with E-state index in [9.17, 15) is 4.79 Å². The first-order chi connectivity index (χ1) is 8.08. The van der Waals surface area contributed by atoms with Gasteiger partial charge in [0.15, 0.2) is 0 Å². The van der Waals surface area contributed by atoms with E-state index in [1.165, 1.54) is 0 Å². The predicted molar refractivity (Wildman–Crippen MR) is 70.6 cm³/mol. The van der Waals surface area contributed by atoms with Crippen LogP contribution in [0.25, 0.3) is 0 Å². The van der Waals surface area contributed by atoms with E-state index >= 15 is 0 Å². The lowest BCUT2D eigenvalue weighted by Gasteiger charge is -2.23. The Kier molecular flexibility index (Phi) is 5.01. The van der Waals surface area contributed by atoms with Crippen LogP contribution < -0.4 is 5.32 Å². The van der Waals surface area contributed by atoms with Crippen molar-refractivity contribution >= 4 is 11.7 Å². The Morgan fingerprint density at radius 2 is 1.76 bits per heavy atom. The quantitative estimate of drug-likeness (QED) is 0.791. The number of carboxylic acid groups (broad SMARTS) is 1. The zero-order chi connectivity index (χ0) is 12.8. The first-order valence-electron chi connectivity index (χ1n) is 6.18. The summed E-state index contributed by atoms with van der Waals surface area (Å²) in [5.41, 5.74) is 1.31. The lowest BCUT2D eigenvalue weighted by molar-refractivity contribution is 0.0697. The van der Waals surface area contributed by atoms with Crippen molar-refractivity contribution in [3.63, 3.8) is 0 Å². The van der Waals surface area contributed by atoms with Crippen LogP contribution in [0.5, 0.6) is 0 Å². The molecule has 0 aliphatic carbocycles. The third-order valence-electron chi connectivity index (χ3n) is 3.28. The van der Waals surface area contributed by atoms with E-state index in [0.717, 1.165) is 18.5 Å². The zero-order valence-electron chi connectivity index (χ0n) is 10.7. The minimum atomic E-state index is -0.885. The van der Waals surface area contributed by atoms with Crippen molar-refractivity contribution in [3.8, 4) is 0 Å². The Morgan fingerprint density at radius 1 is 1.24 bits per heavy atom. The van der Waals surface area contributed by atoms with Gasteiger partial charge in [-0.1, -0.05) is 26.7 Å². The monoisotopic (exact) mass is 235 g/mol. The molecule has 0 heterocycles. The van der Waals surface area contributed by atoms with Gasteiger partial charge in [-0.05, 0) is 37.1 Å². The molecule has 0 radical (unpaired) electrons. The largest absolute Gasteiger partial charge is 0.478 e. The molecule has 2 N–H and O–H groups in total. The van der Waals surface area contributed by atoms with Gasteiger partial charge in [0, 0.05) is 11.7 Å². The molecule has 94 valence electrons. The molecule has 1 atom stereocenters. The second-order valence-corrected chi connectivity index (χ2v) is 4.39. The van der Waals surface area contributed by atoms with Crippen molar-refractivity contribution < 1.29 is 9.90 Å². The topological polar surface area (TPSA) is 49.3 Å². The summed E-state index contributed by atoms with van der Waals surface area (Å²) >= 11 is 0. The minimum Gasteiger partial charge on any atom is -0.478 e. The molecule has 0 aliphatic heterocycles. The fraction of sp³-hybridized carbons (Fsp3) is 0.500. The van der Waals surface area contributed by atoms with Crippen molar-refractivity contribution in [2.24, 2.45) is 5.92 Å². The zero-order valence-corrected chi connectivity index (χ0v) is 10.7. The number of nitrogens with one attached hydrogen (secondary N) is 1. The molecule has 0 aliphatic rings. The first-order valence-corrected chi connectivity index (χ1v) is 6.18. The summed E-state index contributed by atoms with van der Waals surface area (Å²) in [4.78, 5) is 10.7. The normalized spacial score (nSPS) is 12.5. The molecular formula is C14H21NO2. The van der Waals surface area contributed by atoms with Crippen molar-refractivity contribution in [2.45, 2.75) is 39.7 Å². The van der Waals surface area contributed by atoms with Gasteiger partial charge in [0.25, 0.3) is 0 Å². The third kappa shape index (κ3) is 3.77. The highest BCUT2D eigenvalue weighted by Gasteiger charge is 2.13. The second kappa shape index (κ2) is 6.28. The predicted octanol–water partition coefficient (Wildman–Crippen LogP) is 3.62.